The van der Waals surface area contributed by atoms with Crippen LogP contribution in [-0.2, 0) is 6.42 Å². The molecule has 1 aromatic carbocycles. The van der Waals surface area contributed by atoms with E-state index in [4.69, 9.17) is 4.74 Å². The van der Waals surface area contributed by atoms with Crippen LogP contribution in [0.1, 0.15) is 22.5 Å². The molecule has 84 valence electrons. The van der Waals surface area contributed by atoms with Crippen molar-refractivity contribution in [3.05, 3.63) is 52.8 Å². The molecule has 2 heteroatoms. The number of hydrogen-bond acceptors (Lipinski definition) is 1. The van der Waals surface area contributed by atoms with Gasteiger partial charge in [-0.3, -0.25) is 0 Å². The van der Waals surface area contributed by atoms with Crippen molar-refractivity contribution in [2.45, 2.75) is 20.3 Å². The number of aromatic nitrogens is 1. The first-order chi connectivity index (χ1) is 7.69. The van der Waals surface area contributed by atoms with Crippen LogP contribution < -0.4 is 4.74 Å². The Hall–Kier alpha value is -1.70. The number of aromatic amines is 1. The van der Waals surface area contributed by atoms with Crippen LogP contribution >= 0.6 is 0 Å². The van der Waals surface area contributed by atoms with E-state index < -0.39 is 0 Å². The highest BCUT2D eigenvalue weighted by Gasteiger charge is 2.03. The zero-order valence-electron chi connectivity index (χ0n) is 10.0. The van der Waals surface area contributed by atoms with Gasteiger partial charge in [0.05, 0.1) is 7.11 Å². The lowest BCUT2D eigenvalue weighted by Crippen LogP contribution is -1.89. The van der Waals surface area contributed by atoms with Crippen molar-refractivity contribution >= 4 is 0 Å². The topological polar surface area (TPSA) is 25.0 Å². The van der Waals surface area contributed by atoms with Crippen molar-refractivity contribution in [3.63, 3.8) is 0 Å². The molecule has 1 aromatic heterocycles. The molecule has 0 unspecified atom stereocenters. The third kappa shape index (κ3) is 2.27. The molecule has 0 aliphatic carbocycles. The standard InChI is InChI=1S/C14H17NO/c1-10-8-13(11(2)15-10)9-12-4-6-14(16-3)7-5-12/h4-8,15H,9H2,1-3H3. The van der Waals surface area contributed by atoms with Crippen LogP contribution in [0.2, 0.25) is 0 Å². The summed E-state index contributed by atoms with van der Waals surface area (Å²) in [5.74, 6) is 0.908. The van der Waals surface area contributed by atoms with Crippen molar-refractivity contribution in [2.75, 3.05) is 7.11 Å². The summed E-state index contributed by atoms with van der Waals surface area (Å²) in [5, 5.41) is 0. The van der Waals surface area contributed by atoms with Crippen molar-refractivity contribution in [1.82, 2.24) is 4.98 Å². The van der Waals surface area contributed by atoms with Gasteiger partial charge in [-0.1, -0.05) is 12.1 Å². The van der Waals surface area contributed by atoms with Gasteiger partial charge < -0.3 is 9.72 Å². The van der Waals surface area contributed by atoms with Crippen LogP contribution in [0.3, 0.4) is 0 Å². The van der Waals surface area contributed by atoms with Crippen LogP contribution in [0, 0.1) is 13.8 Å². The smallest absolute Gasteiger partial charge is 0.118 e. The minimum atomic E-state index is 0.908. The summed E-state index contributed by atoms with van der Waals surface area (Å²) in [6, 6.07) is 10.4. The zero-order valence-corrected chi connectivity index (χ0v) is 10.0. The van der Waals surface area contributed by atoms with Gasteiger partial charge in [0.1, 0.15) is 5.75 Å². The van der Waals surface area contributed by atoms with Crippen LogP contribution in [0.15, 0.2) is 30.3 Å². The molecule has 0 spiro atoms. The zero-order chi connectivity index (χ0) is 11.5. The number of ether oxygens (including phenoxy) is 1. The molecule has 0 aliphatic rings. The molecule has 0 amide bonds. The number of benzene rings is 1. The molecule has 0 bridgehead atoms. The van der Waals surface area contributed by atoms with Crippen molar-refractivity contribution < 1.29 is 4.74 Å². The molecule has 0 radical (unpaired) electrons. The summed E-state index contributed by atoms with van der Waals surface area (Å²) in [6.07, 6.45) is 0.972. The van der Waals surface area contributed by atoms with Gasteiger partial charge in [0.2, 0.25) is 0 Å². The third-order valence-corrected chi connectivity index (χ3v) is 2.81. The van der Waals surface area contributed by atoms with Gasteiger partial charge in [0, 0.05) is 11.4 Å². The Balaban J connectivity index is 2.17. The highest BCUT2D eigenvalue weighted by Crippen LogP contribution is 2.17. The Morgan fingerprint density at radius 1 is 1.12 bits per heavy atom. The Morgan fingerprint density at radius 3 is 2.31 bits per heavy atom. The van der Waals surface area contributed by atoms with Gasteiger partial charge in [0.25, 0.3) is 0 Å². The molecule has 0 aliphatic heterocycles. The van der Waals surface area contributed by atoms with E-state index in [0.717, 1.165) is 12.2 Å². The van der Waals surface area contributed by atoms with E-state index >= 15 is 0 Å². The Labute approximate surface area is 96.3 Å². The molecule has 1 N–H and O–H groups in total. The summed E-state index contributed by atoms with van der Waals surface area (Å²) in [6.45, 7) is 4.20. The number of hydrogen-bond donors (Lipinski definition) is 1. The number of rotatable bonds is 3. The SMILES string of the molecule is COc1ccc(Cc2cc(C)[nH]c2C)cc1. The van der Waals surface area contributed by atoms with Gasteiger partial charge in [-0.15, -0.1) is 0 Å². The first-order valence-corrected chi connectivity index (χ1v) is 5.47. The fourth-order valence-corrected chi connectivity index (χ4v) is 1.93. The molecular weight excluding hydrogens is 198 g/mol. The van der Waals surface area contributed by atoms with E-state index in [9.17, 15) is 0 Å². The number of methoxy groups -OCH3 is 1. The second-order valence-corrected chi connectivity index (χ2v) is 4.13. The highest BCUT2D eigenvalue weighted by atomic mass is 16.5. The average molecular weight is 215 g/mol. The van der Waals surface area contributed by atoms with Crippen LogP contribution in [0.4, 0.5) is 0 Å². The summed E-state index contributed by atoms with van der Waals surface area (Å²) >= 11 is 0. The van der Waals surface area contributed by atoms with E-state index in [0.29, 0.717) is 0 Å². The van der Waals surface area contributed by atoms with Gasteiger partial charge >= 0.3 is 0 Å². The maximum absolute atomic E-state index is 5.14. The second-order valence-electron chi connectivity index (χ2n) is 4.13. The largest absolute Gasteiger partial charge is 0.497 e. The quantitative estimate of drug-likeness (QED) is 0.835. The number of aryl methyl sites for hydroxylation is 2. The minimum Gasteiger partial charge on any atom is -0.497 e. The molecule has 16 heavy (non-hydrogen) atoms. The van der Waals surface area contributed by atoms with Crippen molar-refractivity contribution in [1.29, 1.82) is 0 Å². The molecule has 2 aromatic rings. The molecule has 2 nitrogen and oxygen atoms in total. The van der Waals surface area contributed by atoms with Gasteiger partial charge in [0.15, 0.2) is 0 Å². The lowest BCUT2D eigenvalue weighted by molar-refractivity contribution is 0.414. The molecule has 2 rings (SSSR count). The fourth-order valence-electron chi connectivity index (χ4n) is 1.93. The summed E-state index contributed by atoms with van der Waals surface area (Å²) in [7, 11) is 1.69. The second kappa shape index (κ2) is 4.44. The summed E-state index contributed by atoms with van der Waals surface area (Å²) < 4.78 is 5.14. The lowest BCUT2D eigenvalue weighted by atomic mass is 10.1. The Kier molecular flexibility index (Phi) is 3.00. The minimum absolute atomic E-state index is 0.908. The average Bonchev–Trinajstić information content (AvgIpc) is 2.59. The molecule has 0 saturated carbocycles. The monoisotopic (exact) mass is 215 g/mol. The van der Waals surface area contributed by atoms with Crippen molar-refractivity contribution in [3.8, 4) is 5.75 Å². The van der Waals surface area contributed by atoms with Crippen molar-refractivity contribution in [2.24, 2.45) is 0 Å². The number of nitrogens with one attached hydrogen (secondary N) is 1. The number of H-pyrrole nitrogens is 1. The molecule has 0 fully saturated rings. The normalized spacial score (nSPS) is 10.4. The Morgan fingerprint density at radius 2 is 1.81 bits per heavy atom. The summed E-state index contributed by atoms with van der Waals surface area (Å²) in [5.41, 5.74) is 5.15. The first-order valence-electron chi connectivity index (χ1n) is 5.47. The van der Waals surface area contributed by atoms with E-state index in [2.05, 4.69) is 37.0 Å². The van der Waals surface area contributed by atoms with Crippen LogP contribution in [0.5, 0.6) is 5.75 Å². The van der Waals surface area contributed by atoms with Gasteiger partial charge in [-0.05, 0) is 49.6 Å². The molecule has 1 heterocycles. The molecule has 0 saturated heterocycles. The summed E-state index contributed by atoms with van der Waals surface area (Å²) in [4.78, 5) is 3.33. The van der Waals surface area contributed by atoms with E-state index in [1.165, 1.54) is 22.5 Å². The highest BCUT2D eigenvalue weighted by molar-refractivity contribution is 5.34. The predicted molar refractivity (Wildman–Crippen MR) is 66.1 cm³/mol. The maximum atomic E-state index is 5.14. The van der Waals surface area contributed by atoms with Gasteiger partial charge in [-0.2, -0.15) is 0 Å². The van der Waals surface area contributed by atoms with Crippen LogP contribution in [0.25, 0.3) is 0 Å². The fraction of sp³-hybridized carbons (Fsp3) is 0.286. The predicted octanol–water partition coefficient (Wildman–Crippen LogP) is 3.23. The molecular formula is C14H17NO. The van der Waals surface area contributed by atoms with E-state index in [-0.39, 0.29) is 0 Å². The van der Waals surface area contributed by atoms with E-state index in [1.807, 2.05) is 12.1 Å². The third-order valence-electron chi connectivity index (χ3n) is 2.81. The van der Waals surface area contributed by atoms with Gasteiger partial charge in [-0.25, -0.2) is 0 Å². The lowest BCUT2D eigenvalue weighted by Gasteiger charge is -2.03. The first kappa shape index (κ1) is 10.8. The molecule has 0 atom stereocenters. The van der Waals surface area contributed by atoms with E-state index in [1.54, 1.807) is 7.11 Å². The maximum Gasteiger partial charge on any atom is 0.118 e. The van der Waals surface area contributed by atoms with Crippen LogP contribution in [-0.4, -0.2) is 12.1 Å². The Bertz CT molecular complexity index is 468.